The number of nitro groups is 1. The third-order valence-electron chi connectivity index (χ3n) is 2.36. The van der Waals surface area contributed by atoms with Crippen LogP contribution < -0.4 is 0 Å². The van der Waals surface area contributed by atoms with E-state index in [0.29, 0.717) is 0 Å². The van der Waals surface area contributed by atoms with Crippen molar-refractivity contribution in [3.63, 3.8) is 0 Å². The molecule has 1 rings (SSSR count). The van der Waals surface area contributed by atoms with Crippen LogP contribution in [0.1, 0.15) is 12.5 Å². The summed E-state index contributed by atoms with van der Waals surface area (Å²) >= 11 is 0. The standard InChI is InChI=1S/C11H13NO5/c1-11(8-13,12(15)16)10(14)17-7-9-5-3-2-4-6-9/h2-6,13H,7-8H2,1H3/t11-/m1/s1. The van der Waals surface area contributed by atoms with E-state index in [-0.39, 0.29) is 6.61 Å². The number of hydrogen-bond acceptors (Lipinski definition) is 5. The van der Waals surface area contributed by atoms with E-state index in [2.05, 4.69) is 0 Å². The Balaban J connectivity index is 2.64. The van der Waals surface area contributed by atoms with Gasteiger partial charge in [-0.15, -0.1) is 0 Å². The Hall–Kier alpha value is -1.95. The second-order valence-corrected chi connectivity index (χ2v) is 3.75. The minimum atomic E-state index is -2.10. The Morgan fingerprint density at radius 3 is 2.53 bits per heavy atom. The van der Waals surface area contributed by atoms with Crippen molar-refractivity contribution in [1.82, 2.24) is 0 Å². The molecule has 0 fully saturated rings. The molecule has 92 valence electrons. The van der Waals surface area contributed by atoms with Gasteiger partial charge < -0.3 is 9.84 Å². The number of ether oxygens (including phenoxy) is 1. The summed E-state index contributed by atoms with van der Waals surface area (Å²) in [6.45, 7) is 0.0804. The van der Waals surface area contributed by atoms with Gasteiger partial charge in [0.1, 0.15) is 13.2 Å². The number of hydrogen-bond donors (Lipinski definition) is 1. The second kappa shape index (κ2) is 5.40. The van der Waals surface area contributed by atoms with Crippen molar-refractivity contribution in [3.8, 4) is 0 Å². The molecule has 0 radical (unpaired) electrons. The highest BCUT2D eigenvalue weighted by Crippen LogP contribution is 2.12. The predicted octanol–water partition coefficient (Wildman–Crippen LogP) is 0.758. The summed E-state index contributed by atoms with van der Waals surface area (Å²) in [6, 6.07) is 8.80. The van der Waals surface area contributed by atoms with Gasteiger partial charge in [0, 0.05) is 11.8 Å². The van der Waals surface area contributed by atoms with Gasteiger partial charge in [0.15, 0.2) is 0 Å². The lowest BCUT2D eigenvalue weighted by molar-refractivity contribution is -0.554. The average molecular weight is 239 g/mol. The van der Waals surface area contributed by atoms with Crippen LogP contribution in [0.5, 0.6) is 0 Å². The van der Waals surface area contributed by atoms with Crippen LogP contribution in [0.4, 0.5) is 0 Å². The molecule has 0 aliphatic rings. The molecule has 1 atom stereocenters. The molecule has 1 N–H and O–H groups in total. The molecule has 6 heteroatoms. The molecule has 0 aliphatic carbocycles. The van der Waals surface area contributed by atoms with Gasteiger partial charge in [-0.2, -0.15) is 0 Å². The van der Waals surface area contributed by atoms with Crippen LogP contribution in [0, 0.1) is 10.1 Å². The second-order valence-electron chi connectivity index (χ2n) is 3.75. The van der Waals surface area contributed by atoms with Gasteiger partial charge in [-0.25, -0.2) is 4.79 Å². The van der Waals surface area contributed by atoms with E-state index >= 15 is 0 Å². The van der Waals surface area contributed by atoms with Crippen LogP contribution in [0.25, 0.3) is 0 Å². The van der Waals surface area contributed by atoms with Crippen LogP contribution in [0.15, 0.2) is 30.3 Å². The predicted molar refractivity (Wildman–Crippen MR) is 58.7 cm³/mol. The SMILES string of the molecule is C[C@@](CO)(C(=O)OCc1ccccc1)[N+](=O)[O-]. The maximum Gasteiger partial charge on any atom is 0.387 e. The number of rotatable bonds is 5. The van der Waals surface area contributed by atoms with Gasteiger partial charge in [-0.1, -0.05) is 30.3 Å². The van der Waals surface area contributed by atoms with Crippen molar-refractivity contribution in [1.29, 1.82) is 0 Å². The molecule has 0 spiro atoms. The quantitative estimate of drug-likeness (QED) is 0.465. The zero-order valence-electron chi connectivity index (χ0n) is 9.33. The zero-order valence-corrected chi connectivity index (χ0v) is 9.33. The van der Waals surface area contributed by atoms with Crippen molar-refractivity contribution < 1.29 is 19.6 Å². The number of aliphatic hydroxyl groups excluding tert-OH is 1. The molecule has 0 aliphatic heterocycles. The summed E-state index contributed by atoms with van der Waals surface area (Å²) in [5, 5.41) is 19.5. The Labute approximate surface area is 98.0 Å². The number of aliphatic hydroxyl groups is 1. The molecule has 1 aromatic rings. The van der Waals surface area contributed by atoms with E-state index < -0.39 is 23.0 Å². The fraction of sp³-hybridized carbons (Fsp3) is 0.364. The maximum absolute atomic E-state index is 11.5. The van der Waals surface area contributed by atoms with E-state index in [9.17, 15) is 14.9 Å². The first kappa shape index (κ1) is 13.1. The molecule has 0 heterocycles. The minimum absolute atomic E-state index is 0.0525. The summed E-state index contributed by atoms with van der Waals surface area (Å²) in [4.78, 5) is 21.3. The van der Waals surface area contributed by atoms with Crippen molar-refractivity contribution in [2.24, 2.45) is 0 Å². The van der Waals surface area contributed by atoms with Crippen molar-refractivity contribution in [2.45, 2.75) is 19.1 Å². The highest BCUT2D eigenvalue weighted by atomic mass is 16.6. The van der Waals surface area contributed by atoms with Gasteiger partial charge in [0.05, 0.1) is 0 Å². The lowest BCUT2D eigenvalue weighted by Gasteiger charge is -2.16. The van der Waals surface area contributed by atoms with Crippen LogP contribution >= 0.6 is 0 Å². The molecule has 0 aromatic heterocycles. The van der Waals surface area contributed by atoms with Gasteiger partial charge in [-0.05, 0) is 5.56 Å². The molecule has 0 saturated carbocycles. The van der Waals surface area contributed by atoms with E-state index in [0.717, 1.165) is 12.5 Å². The average Bonchev–Trinajstić information content (AvgIpc) is 2.35. The molecule has 17 heavy (non-hydrogen) atoms. The summed E-state index contributed by atoms with van der Waals surface area (Å²) < 4.78 is 4.80. The summed E-state index contributed by atoms with van der Waals surface area (Å²) in [7, 11) is 0. The zero-order chi connectivity index (χ0) is 12.9. The number of carbonyl (C=O) groups excluding carboxylic acids is 1. The molecule has 0 bridgehead atoms. The largest absolute Gasteiger partial charge is 0.455 e. The number of benzene rings is 1. The first-order valence-electron chi connectivity index (χ1n) is 4.97. The lowest BCUT2D eigenvalue weighted by Crippen LogP contribution is -2.47. The molecular formula is C11H13NO5. The Morgan fingerprint density at radius 2 is 2.06 bits per heavy atom. The van der Waals surface area contributed by atoms with E-state index in [1.165, 1.54) is 0 Å². The van der Waals surface area contributed by atoms with Gasteiger partial charge in [-0.3, -0.25) is 10.1 Å². The monoisotopic (exact) mass is 239 g/mol. The van der Waals surface area contributed by atoms with E-state index in [1.807, 2.05) is 0 Å². The fourth-order valence-electron chi connectivity index (χ4n) is 1.08. The summed E-state index contributed by atoms with van der Waals surface area (Å²) in [5.41, 5.74) is -1.38. The third-order valence-corrected chi connectivity index (χ3v) is 2.36. The van der Waals surface area contributed by atoms with Crippen molar-refractivity contribution >= 4 is 5.97 Å². The van der Waals surface area contributed by atoms with Crippen molar-refractivity contribution in [3.05, 3.63) is 46.0 Å². The summed E-state index contributed by atoms with van der Waals surface area (Å²) in [6.07, 6.45) is 0. The Bertz CT molecular complexity index is 406. The minimum Gasteiger partial charge on any atom is -0.455 e. The van der Waals surface area contributed by atoms with Gasteiger partial charge in [0.25, 0.3) is 0 Å². The van der Waals surface area contributed by atoms with E-state index in [4.69, 9.17) is 9.84 Å². The molecule has 0 unspecified atom stereocenters. The first-order valence-corrected chi connectivity index (χ1v) is 4.97. The van der Waals surface area contributed by atoms with Crippen LogP contribution in [0.2, 0.25) is 0 Å². The topological polar surface area (TPSA) is 89.7 Å². The number of nitrogens with zero attached hydrogens (tertiary/aromatic N) is 1. The molecule has 6 nitrogen and oxygen atoms in total. The molecular weight excluding hydrogens is 226 g/mol. The van der Waals surface area contributed by atoms with E-state index in [1.54, 1.807) is 30.3 Å². The van der Waals surface area contributed by atoms with Crippen molar-refractivity contribution in [2.75, 3.05) is 6.61 Å². The molecule has 0 amide bonds. The number of carbonyl (C=O) groups is 1. The highest BCUT2D eigenvalue weighted by Gasteiger charge is 2.47. The first-order chi connectivity index (χ1) is 8.00. The highest BCUT2D eigenvalue weighted by molar-refractivity contribution is 5.78. The maximum atomic E-state index is 11.5. The Morgan fingerprint density at radius 1 is 1.47 bits per heavy atom. The number of esters is 1. The summed E-state index contributed by atoms with van der Waals surface area (Å²) in [5.74, 6) is -1.05. The van der Waals surface area contributed by atoms with Gasteiger partial charge >= 0.3 is 11.5 Å². The van der Waals surface area contributed by atoms with Gasteiger partial charge in [0.2, 0.25) is 0 Å². The van der Waals surface area contributed by atoms with Crippen LogP contribution in [0.3, 0.4) is 0 Å². The lowest BCUT2D eigenvalue weighted by atomic mass is 10.1. The Kier molecular flexibility index (Phi) is 4.17. The smallest absolute Gasteiger partial charge is 0.387 e. The van der Waals surface area contributed by atoms with Crippen LogP contribution in [-0.2, 0) is 16.1 Å². The van der Waals surface area contributed by atoms with Crippen LogP contribution in [-0.4, -0.2) is 28.1 Å². The molecule has 1 aromatic carbocycles. The third kappa shape index (κ3) is 3.01. The fourth-order valence-corrected chi connectivity index (χ4v) is 1.08. The normalized spacial score (nSPS) is 13.8. The molecule has 0 saturated heterocycles.